The van der Waals surface area contributed by atoms with Gasteiger partial charge in [-0.3, -0.25) is 0 Å². The smallest absolute Gasteiger partial charge is 2.00 e. The van der Waals surface area contributed by atoms with Crippen LogP contribution in [-0.2, 0) is 5.48 Å². The minimum atomic E-state index is 0. The molecule has 2 heteroatoms. The third-order valence-corrected chi connectivity index (χ3v) is 8.45. The fraction of sp³-hybridized carbons (Fsp3) is 1.00. The van der Waals surface area contributed by atoms with Crippen LogP contribution in [0.25, 0.3) is 0 Å². The quantitative estimate of drug-likeness (QED) is 0.162. The van der Waals surface area contributed by atoms with Gasteiger partial charge in [0, 0.05) is 0 Å². The maximum Gasteiger partial charge on any atom is -2.00 e. The van der Waals surface area contributed by atoms with Gasteiger partial charge in [-0.25, -0.2) is 0 Å². The molecular weight excluding hydrogens is 375 g/mol. The molecule has 0 radical (unpaired) electrons. The summed E-state index contributed by atoms with van der Waals surface area (Å²) in [6, 6.07) is 0. The largest absolute Gasteiger partial charge is 2.00 e. The molecule has 0 saturated carbocycles. The first-order valence-electron chi connectivity index (χ1n) is 10.1. The van der Waals surface area contributed by atoms with Gasteiger partial charge in [-0.05, 0) is 0 Å². The summed E-state index contributed by atoms with van der Waals surface area (Å²) in [6.07, 6.45) is 23.8. The van der Waals surface area contributed by atoms with Crippen LogP contribution < -0.4 is 0 Å². The average Bonchev–Trinajstić information content (AvgIpc) is 2.50. The van der Waals surface area contributed by atoms with Crippen LogP contribution in [0.3, 0.4) is 0 Å². The number of unbranched alkanes of at least 4 members (excludes halogenated alkanes) is 14. The summed E-state index contributed by atoms with van der Waals surface area (Å²) >= 11 is 0.0528. The van der Waals surface area contributed by atoms with Gasteiger partial charge in [-0.15, -0.1) is 0 Å². The minimum Gasteiger partial charge on any atom is -2.00 e. The van der Waals surface area contributed by atoms with Crippen molar-refractivity contribution in [1.29, 1.82) is 0 Å². The molecule has 0 rings (SSSR count). The molecule has 0 aliphatic heterocycles. The molecular formula is C20H42OSn. The summed E-state index contributed by atoms with van der Waals surface area (Å²) in [6.45, 7) is 4.61. The minimum absolute atomic E-state index is 0. The van der Waals surface area contributed by atoms with E-state index in [4.69, 9.17) is 0 Å². The van der Waals surface area contributed by atoms with Gasteiger partial charge in [0.2, 0.25) is 0 Å². The molecule has 1 nitrogen and oxygen atoms in total. The number of hydrogen-bond donors (Lipinski definition) is 0. The Morgan fingerprint density at radius 3 is 1.00 bits per heavy atom. The molecule has 0 aromatic heterocycles. The van der Waals surface area contributed by atoms with E-state index in [0.29, 0.717) is 0 Å². The Kier molecular flexibility index (Phi) is 27.3. The van der Waals surface area contributed by atoms with Crippen LogP contribution in [0, 0.1) is 0 Å². The van der Waals surface area contributed by atoms with Crippen LogP contribution in [0.1, 0.15) is 117 Å². The molecule has 0 saturated heterocycles. The molecule has 0 amide bonds. The first kappa shape index (κ1) is 25.0. The predicted molar refractivity (Wildman–Crippen MR) is 101 cm³/mol. The summed E-state index contributed by atoms with van der Waals surface area (Å²) in [5.74, 6) is 0. The van der Waals surface area contributed by atoms with Crippen LogP contribution in [0.5, 0.6) is 0 Å². The fourth-order valence-corrected chi connectivity index (χ4v) is 6.46. The first-order chi connectivity index (χ1) is 10.4. The van der Waals surface area contributed by atoms with Crippen LogP contribution in [-0.4, -0.2) is 21.1 Å². The molecule has 0 heterocycles. The van der Waals surface area contributed by atoms with Crippen LogP contribution in [0.4, 0.5) is 0 Å². The monoisotopic (exact) mass is 418 g/mol. The standard InChI is InChI=1S/2C10H21.O.Sn/c2*1-3-5-7-9-10-8-6-4-2;;/h2*1,3-10H2,2H3;;/q;;-2;+2. The van der Waals surface area contributed by atoms with Crippen LogP contribution >= 0.6 is 0 Å². The molecule has 0 fully saturated rings. The molecule has 0 unspecified atom stereocenters. The van der Waals surface area contributed by atoms with Crippen molar-refractivity contribution < 1.29 is 5.48 Å². The Morgan fingerprint density at radius 2 is 0.682 bits per heavy atom. The number of rotatable bonds is 18. The van der Waals surface area contributed by atoms with E-state index in [9.17, 15) is 0 Å². The van der Waals surface area contributed by atoms with Gasteiger partial charge in [-0.2, -0.15) is 0 Å². The second-order valence-corrected chi connectivity index (χ2v) is 11.0. The normalized spacial score (nSPS) is 10.3. The zero-order valence-corrected chi connectivity index (χ0v) is 18.5. The van der Waals surface area contributed by atoms with Gasteiger partial charge >= 0.3 is 147 Å². The molecule has 0 N–H and O–H groups in total. The predicted octanol–water partition coefficient (Wildman–Crippen LogP) is 7.69. The molecule has 0 aromatic rings. The molecule has 0 aliphatic rings. The number of hydrogen-bond acceptors (Lipinski definition) is 0. The third-order valence-electron chi connectivity index (χ3n) is 4.41. The van der Waals surface area contributed by atoms with Crippen molar-refractivity contribution in [3.8, 4) is 0 Å². The van der Waals surface area contributed by atoms with E-state index in [0.717, 1.165) is 0 Å². The van der Waals surface area contributed by atoms with Crippen LogP contribution in [0.2, 0.25) is 8.87 Å². The van der Waals surface area contributed by atoms with Crippen LogP contribution in [0.15, 0.2) is 0 Å². The van der Waals surface area contributed by atoms with Crippen molar-refractivity contribution in [3.63, 3.8) is 0 Å². The summed E-state index contributed by atoms with van der Waals surface area (Å²) in [7, 11) is 0. The summed E-state index contributed by atoms with van der Waals surface area (Å²) in [5.41, 5.74) is 0. The molecule has 22 heavy (non-hydrogen) atoms. The molecule has 0 atom stereocenters. The van der Waals surface area contributed by atoms with Crippen molar-refractivity contribution in [2.24, 2.45) is 0 Å². The fourth-order valence-electron chi connectivity index (χ4n) is 2.89. The molecule has 132 valence electrons. The second-order valence-electron chi connectivity index (χ2n) is 6.70. The first-order valence-corrected chi connectivity index (χ1v) is 14.2. The Morgan fingerprint density at radius 1 is 0.409 bits per heavy atom. The second kappa shape index (κ2) is 24.0. The maximum absolute atomic E-state index is 2.30. The molecule has 0 aromatic carbocycles. The Bertz CT molecular complexity index is 155. The van der Waals surface area contributed by atoms with Gasteiger partial charge in [0.05, 0.1) is 0 Å². The topological polar surface area (TPSA) is 28.5 Å². The van der Waals surface area contributed by atoms with E-state index in [1.807, 2.05) is 0 Å². The Balaban J connectivity index is 0. The Hall–Kier alpha value is 0.759. The molecule has 0 aliphatic carbocycles. The summed E-state index contributed by atoms with van der Waals surface area (Å²) in [4.78, 5) is 0. The van der Waals surface area contributed by atoms with E-state index in [2.05, 4.69) is 13.8 Å². The van der Waals surface area contributed by atoms with Crippen molar-refractivity contribution in [3.05, 3.63) is 0 Å². The van der Waals surface area contributed by atoms with Crippen molar-refractivity contribution in [2.75, 3.05) is 0 Å². The van der Waals surface area contributed by atoms with Gasteiger partial charge in [0.15, 0.2) is 0 Å². The van der Waals surface area contributed by atoms with E-state index >= 15 is 0 Å². The third kappa shape index (κ3) is 23.0. The molecule has 0 bridgehead atoms. The van der Waals surface area contributed by atoms with Crippen molar-refractivity contribution >= 4 is 21.1 Å². The average molecular weight is 417 g/mol. The van der Waals surface area contributed by atoms with Gasteiger partial charge in [0.1, 0.15) is 0 Å². The molecule has 0 spiro atoms. The SMILES string of the molecule is CCCCCCCCC[CH2][Sn+2][CH2]CCCCCCCCC.[O-2]. The zero-order valence-electron chi connectivity index (χ0n) is 15.6. The maximum atomic E-state index is 2.30. The summed E-state index contributed by atoms with van der Waals surface area (Å²) < 4.78 is 3.32. The zero-order chi connectivity index (χ0) is 15.4. The van der Waals surface area contributed by atoms with E-state index < -0.39 is 0 Å². The van der Waals surface area contributed by atoms with Crippen molar-refractivity contribution in [1.82, 2.24) is 0 Å². The Labute approximate surface area is 151 Å². The summed E-state index contributed by atoms with van der Waals surface area (Å²) in [5, 5.41) is 0. The van der Waals surface area contributed by atoms with Gasteiger partial charge in [-0.1, -0.05) is 0 Å². The van der Waals surface area contributed by atoms with E-state index in [1.54, 1.807) is 21.7 Å². The van der Waals surface area contributed by atoms with E-state index in [1.165, 1.54) is 89.9 Å². The van der Waals surface area contributed by atoms with E-state index in [-0.39, 0.29) is 26.6 Å². The van der Waals surface area contributed by atoms with Crippen molar-refractivity contribution in [2.45, 2.75) is 125 Å². The van der Waals surface area contributed by atoms with Gasteiger partial charge < -0.3 is 5.48 Å². The van der Waals surface area contributed by atoms with Gasteiger partial charge in [0.25, 0.3) is 0 Å².